The molecule has 1 aliphatic rings. The van der Waals surface area contributed by atoms with Crippen LogP contribution in [-0.2, 0) is 7.05 Å². The predicted molar refractivity (Wildman–Crippen MR) is 105 cm³/mol. The number of aryl methyl sites for hydroxylation is 1. The van der Waals surface area contributed by atoms with Crippen LogP contribution in [0, 0.1) is 0 Å². The Kier molecular flexibility index (Phi) is 5.33. The van der Waals surface area contributed by atoms with Crippen molar-refractivity contribution in [3.05, 3.63) is 41.9 Å². The Bertz CT molecular complexity index is 1110. The number of alkyl halides is 4. The minimum Gasteiger partial charge on any atom is -0.364 e. The molecule has 1 aliphatic carbocycles. The lowest BCUT2D eigenvalue weighted by molar-refractivity contribution is -0.0554. The maximum Gasteiger partial charge on any atom is 0.284 e. The summed E-state index contributed by atoms with van der Waals surface area (Å²) in [6.07, 6.45) is -1.04. The van der Waals surface area contributed by atoms with Gasteiger partial charge in [-0.3, -0.25) is 9.48 Å². The number of rotatable bonds is 5. The van der Waals surface area contributed by atoms with E-state index >= 15 is 0 Å². The number of aromatic nitrogens is 4. The number of nitrogens with one attached hydrogen (secondary N) is 2. The number of carbonyl (C=O) groups is 1. The summed E-state index contributed by atoms with van der Waals surface area (Å²) < 4.78 is 56.6. The third kappa shape index (κ3) is 4.07. The highest BCUT2D eigenvalue weighted by Gasteiger charge is 2.44. The molecule has 0 saturated heterocycles. The molecule has 0 bridgehead atoms. The summed E-state index contributed by atoms with van der Waals surface area (Å²) in [5.74, 6) is -3.36. The quantitative estimate of drug-likeness (QED) is 0.530. The molecule has 3 aromatic heterocycles. The summed E-state index contributed by atoms with van der Waals surface area (Å²) in [4.78, 5) is 12.7. The summed E-state index contributed by atoms with van der Waals surface area (Å²) >= 11 is 0. The number of carbonyl (C=O) groups excluding carboxylic acids is 1. The fourth-order valence-corrected chi connectivity index (χ4v) is 3.74. The maximum atomic E-state index is 13.9. The summed E-state index contributed by atoms with van der Waals surface area (Å²) in [7, 11) is 1.47. The lowest BCUT2D eigenvalue weighted by Crippen LogP contribution is -2.55. The Hall–Kier alpha value is -3.15. The van der Waals surface area contributed by atoms with Crippen LogP contribution in [0.5, 0.6) is 0 Å². The standard InChI is InChI=1S/C19H21F4N7O/c1-29-9-12(15(28-29)17(20)21)26-18(31)13-6-4-10-5-7-14(27-30(10)13)25-11-3-2-8-19(22,23)16(11)24/h4-7,9,11,16-17H,2-3,8,24H2,1H3,(H,25,27)(H,26,31)/t11-,16-/m1/s1. The number of amides is 1. The zero-order valence-electron chi connectivity index (χ0n) is 16.5. The Morgan fingerprint density at radius 3 is 2.74 bits per heavy atom. The molecule has 31 heavy (non-hydrogen) atoms. The Labute approximate surface area is 174 Å². The number of nitrogens with zero attached hydrogens (tertiary/aromatic N) is 4. The highest BCUT2D eigenvalue weighted by Crippen LogP contribution is 2.33. The van der Waals surface area contributed by atoms with Crippen molar-refractivity contribution in [2.24, 2.45) is 12.8 Å². The van der Waals surface area contributed by atoms with Gasteiger partial charge in [-0.15, -0.1) is 5.10 Å². The molecule has 1 saturated carbocycles. The van der Waals surface area contributed by atoms with Gasteiger partial charge in [0.1, 0.15) is 11.5 Å². The Morgan fingerprint density at radius 1 is 1.26 bits per heavy atom. The first-order valence-corrected chi connectivity index (χ1v) is 9.67. The normalized spacial score (nSPS) is 20.9. The highest BCUT2D eigenvalue weighted by molar-refractivity contribution is 6.04. The first-order chi connectivity index (χ1) is 14.7. The van der Waals surface area contributed by atoms with E-state index in [1.807, 2.05) is 0 Å². The van der Waals surface area contributed by atoms with Crippen molar-refractivity contribution in [3.63, 3.8) is 0 Å². The monoisotopic (exact) mass is 439 g/mol. The van der Waals surface area contributed by atoms with Crippen LogP contribution in [0.4, 0.5) is 29.1 Å². The van der Waals surface area contributed by atoms with Crippen molar-refractivity contribution in [2.75, 3.05) is 10.6 Å². The highest BCUT2D eigenvalue weighted by atomic mass is 19.3. The predicted octanol–water partition coefficient (Wildman–Crippen LogP) is 3.18. The third-order valence-corrected chi connectivity index (χ3v) is 5.33. The van der Waals surface area contributed by atoms with Crippen LogP contribution in [0.3, 0.4) is 0 Å². The molecule has 1 fully saturated rings. The smallest absolute Gasteiger partial charge is 0.284 e. The van der Waals surface area contributed by atoms with Crippen LogP contribution >= 0.6 is 0 Å². The van der Waals surface area contributed by atoms with Crippen LogP contribution in [-0.4, -0.2) is 43.3 Å². The number of halogens is 4. The molecule has 0 aliphatic heterocycles. The molecule has 4 N–H and O–H groups in total. The van der Waals surface area contributed by atoms with E-state index < -0.39 is 36.0 Å². The SMILES string of the molecule is Cn1cc(NC(=O)c2ccc3ccc(N[C@@H]4CCCC(F)(F)[C@@H]4N)nn23)c(C(F)F)n1. The molecular weight excluding hydrogens is 418 g/mol. The van der Waals surface area contributed by atoms with E-state index in [-0.39, 0.29) is 23.6 Å². The molecule has 2 atom stereocenters. The van der Waals surface area contributed by atoms with Crippen molar-refractivity contribution in [2.45, 2.75) is 43.7 Å². The minimum atomic E-state index is -2.97. The molecule has 166 valence electrons. The van der Waals surface area contributed by atoms with Crippen molar-refractivity contribution in [1.82, 2.24) is 19.4 Å². The van der Waals surface area contributed by atoms with Crippen LogP contribution < -0.4 is 16.4 Å². The van der Waals surface area contributed by atoms with E-state index in [9.17, 15) is 22.4 Å². The van der Waals surface area contributed by atoms with Crippen molar-refractivity contribution < 1.29 is 22.4 Å². The van der Waals surface area contributed by atoms with Crippen LogP contribution in [0.25, 0.3) is 5.52 Å². The van der Waals surface area contributed by atoms with Crippen molar-refractivity contribution in [1.29, 1.82) is 0 Å². The van der Waals surface area contributed by atoms with E-state index in [1.54, 1.807) is 18.2 Å². The van der Waals surface area contributed by atoms with E-state index in [0.717, 1.165) is 0 Å². The van der Waals surface area contributed by atoms with Gasteiger partial charge in [0, 0.05) is 25.7 Å². The van der Waals surface area contributed by atoms with E-state index in [2.05, 4.69) is 20.8 Å². The van der Waals surface area contributed by atoms with Gasteiger partial charge in [-0.2, -0.15) is 5.10 Å². The topological polar surface area (TPSA) is 102 Å². The molecule has 12 heteroatoms. The Balaban J connectivity index is 1.58. The number of hydrogen-bond acceptors (Lipinski definition) is 5. The molecule has 1 amide bonds. The first kappa shape index (κ1) is 21.1. The second-order valence-electron chi connectivity index (χ2n) is 7.56. The number of hydrogen-bond donors (Lipinski definition) is 3. The van der Waals surface area contributed by atoms with Crippen LogP contribution in [0.15, 0.2) is 30.5 Å². The molecule has 0 spiro atoms. The van der Waals surface area contributed by atoms with Crippen LogP contribution in [0.2, 0.25) is 0 Å². The second kappa shape index (κ2) is 7.84. The van der Waals surface area contributed by atoms with Crippen molar-refractivity contribution in [3.8, 4) is 0 Å². The molecule has 0 radical (unpaired) electrons. The van der Waals surface area contributed by atoms with Crippen LogP contribution in [0.1, 0.15) is 41.9 Å². The zero-order valence-corrected chi connectivity index (χ0v) is 16.5. The summed E-state index contributed by atoms with van der Waals surface area (Å²) in [6.45, 7) is 0. The fourth-order valence-electron chi connectivity index (χ4n) is 3.74. The second-order valence-corrected chi connectivity index (χ2v) is 7.56. The first-order valence-electron chi connectivity index (χ1n) is 9.67. The molecule has 3 heterocycles. The largest absolute Gasteiger partial charge is 0.364 e. The van der Waals surface area contributed by atoms with Gasteiger partial charge in [-0.1, -0.05) is 0 Å². The van der Waals surface area contributed by atoms with Gasteiger partial charge in [0.05, 0.1) is 17.2 Å². The van der Waals surface area contributed by atoms with Crippen molar-refractivity contribution >= 4 is 22.9 Å². The number of fused-ring (bicyclic) bond motifs is 1. The maximum absolute atomic E-state index is 13.9. The molecule has 4 rings (SSSR count). The summed E-state index contributed by atoms with van der Waals surface area (Å²) in [6, 6.07) is 4.35. The van der Waals surface area contributed by atoms with Gasteiger partial charge >= 0.3 is 0 Å². The van der Waals surface area contributed by atoms with Gasteiger partial charge in [-0.05, 0) is 37.1 Å². The molecule has 0 aromatic carbocycles. The van der Waals surface area contributed by atoms with Gasteiger partial charge in [-0.25, -0.2) is 22.1 Å². The molecule has 0 unspecified atom stereocenters. The summed E-state index contributed by atoms with van der Waals surface area (Å²) in [5.41, 5.74) is 5.72. The molecular formula is C19H21F4N7O. The van der Waals surface area contributed by atoms with E-state index in [1.165, 1.54) is 28.5 Å². The third-order valence-electron chi connectivity index (χ3n) is 5.33. The average molecular weight is 439 g/mol. The van der Waals surface area contributed by atoms with Gasteiger partial charge in [0.25, 0.3) is 18.3 Å². The number of anilines is 2. The lowest BCUT2D eigenvalue weighted by atomic mass is 9.87. The average Bonchev–Trinajstić information content (AvgIpc) is 3.28. The lowest BCUT2D eigenvalue weighted by Gasteiger charge is -2.36. The van der Waals surface area contributed by atoms with E-state index in [0.29, 0.717) is 18.4 Å². The molecule has 3 aromatic rings. The Morgan fingerprint density at radius 2 is 2.00 bits per heavy atom. The fraction of sp³-hybridized carbons (Fsp3) is 0.421. The number of nitrogens with two attached hydrogens (primary N) is 1. The minimum absolute atomic E-state index is 0.0843. The van der Waals surface area contributed by atoms with Gasteiger partial charge in [0.15, 0.2) is 5.69 Å². The van der Waals surface area contributed by atoms with E-state index in [4.69, 9.17) is 5.73 Å². The van der Waals surface area contributed by atoms with Gasteiger partial charge in [0.2, 0.25) is 0 Å². The summed E-state index contributed by atoms with van der Waals surface area (Å²) in [5, 5.41) is 13.3. The molecule has 8 nitrogen and oxygen atoms in total. The van der Waals surface area contributed by atoms with Gasteiger partial charge < -0.3 is 16.4 Å². The zero-order chi connectivity index (χ0) is 22.3.